The van der Waals surface area contributed by atoms with Gasteiger partial charge in [-0.1, -0.05) is 31.9 Å². The minimum Gasteiger partial charge on any atom is -0.346 e. The highest BCUT2D eigenvalue weighted by atomic mass is 16.2. The molecule has 2 N–H and O–H groups in total. The lowest BCUT2D eigenvalue weighted by molar-refractivity contribution is -0.124. The molecule has 1 aliphatic heterocycles. The fraction of sp³-hybridized carbons (Fsp3) is 0.562. The fourth-order valence-corrected chi connectivity index (χ4v) is 6.24. The van der Waals surface area contributed by atoms with Gasteiger partial charge in [0.05, 0.1) is 29.3 Å². The van der Waals surface area contributed by atoms with E-state index >= 15 is 0 Å². The Hall–Kier alpha value is -3.26. The van der Waals surface area contributed by atoms with Crippen LogP contribution in [0.1, 0.15) is 88.0 Å². The molecule has 0 unspecified atom stereocenters. The third-order valence-corrected chi connectivity index (χ3v) is 9.01. The largest absolute Gasteiger partial charge is 0.346 e. The number of amides is 1. The number of nitrogens with one attached hydrogen (secondary N) is 2. The summed E-state index contributed by atoms with van der Waals surface area (Å²) in [7, 11) is 2.16. The standard InChI is InChI=1S/C32H44N6O2/c1-5-26(39)9-7-6-8-10-28(35-31(40)27-20-32(27)15-17-37(4)18-16-32)30-33-21-29(34-30)24-11-13-25(14-12-24)38-23(3)19-22(2)36-38/h11-14,19,21,27-28H,5-10,15-18,20H2,1-4H3,(H,33,34)(H,35,40)/t27-,28+/m1/s1. The van der Waals surface area contributed by atoms with Gasteiger partial charge >= 0.3 is 0 Å². The molecule has 2 aliphatic rings. The van der Waals surface area contributed by atoms with Crippen LogP contribution in [-0.2, 0) is 9.59 Å². The van der Waals surface area contributed by atoms with Crippen molar-refractivity contribution in [2.24, 2.45) is 11.3 Å². The van der Waals surface area contributed by atoms with E-state index in [1.807, 2.05) is 24.7 Å². The van der Waals surface area contributed by atoms with Crippen molar-refractivity contribution in [1.29, 1.82) is 0 Å². The minimum atomic E-state index is -0.166. The summed E-state index contributed by atoms with van der Waals surface area (Å²) in [4.78, 5) is 35.7. The molecule has 1 saturated carbocycles. The van der Waals surface area contributed by atoms with Crippen molar-refractivity contribution in [2.75, 3.05) is 20.1 Å². The predicted molar refractivity (Wildman–Crippen MR) is 157 cm³/mol. The molecule has 0 bridgehead atoms. The van der Waals surface area contributed by atoms with Gasteiger partial charge < -0.3 is 15.2 Å². The van der Waals surface area contributed by atoms with Gasteiger partial charge in [-0.3, -0.25) is 9.59 Å². The van der Waals surface area contributed by atoms with Gasteiger partial charge in [0.15, 0.2) is 0 Å². The molecule has 40 heavy (non-hydrogen) atoms. The first-order valence-corrected chi connectivity index (χ1v) is 15.0. The van der Waals surface area contributed by atoms with Gasteiger partial charge in [-0.05, 0) is 95.3 Å². The summed E-state index contributed by atoms with van der Waals surface area (Å²) >= 11 is 0. The normalized spacial score (nSPS) is 19.1. The highest BCUT2D eigenvalue weighted by Gasteiger charge is 2.58. The third kappa shape index (κ3) is 6.38. The number of unbranched alkanes of at least 4 members (excludes halogenated alkanes) is 2. The van der Waals surface area contributed by atoms with E-state index in [4.69, 9.17) is 4.98 Å². The van der Waals surface area contributed by atoms with Crippen LogP contribution in [0.4, 0.5) is 0 Å². The first-order chi connectivity index (χ1) is 19.3. The Kier molecular flexibility index (Phi) is 8.54. The number of aryl methyl sites for hydroxylation is 2. The van der Waals surface area contributed by atoms with E-state index in [2.05, 4.69) is 64.6 Å². The molecular weight excluding hydrogens is 500 g/mol. The van der Waals surface area contributed by atoms with E-state index in [0.717, 1.165) is 92.2 Å². The number of aromatic nitrogens is 4. The van der Waals surface area contributed by atoms with Crippen molar-refractivity contribution >= 4 is 11.7 Å². The molecule has 0 radical (unpaired) electrons. The number of likely N-dealkylation sites (tertiary alicyclic amines) is 1. The number of imidazole rings is 1. The fourth-order valence-electron chi connectivity index (χ4n) is 6.24. The van der Waals surface area contributed by atoms with E-state index in [1.54, 1.807) is 0 Å². The van der Waals surface area contributed by atoms with Crippen LogP contribution in [0.25, 0.3) is 16.9 Å². The number of nitrogens with zero attached hydrogens (tertiary/aromatic N) is 4. The third-order valence-electron chi connectivity index (χ3n) is 9.01. The number of aromatic amines is 1. The quantitative estimate of drug-likeness (QED) is 0.285. The molecule has 8 heteroatoms. The lowest BCUT2D eigenvalue weighted by atomic mass is 9.91. The Labute approximate surface area is 238 Å². The molecule has 2 aromatic heterocycles. The monoisotopic (exact) mass is 544 g/mol. The molecule has 1 spiro atoms. The van der Waals surface area contributed by atoms with Crippen LogP contribution in [0.15, 0.2) is 36.5 Å². The van der Waals surface area contributed by atoms with Gasteiger partial charge in [0.2, 0.25) is 5.91 Å². The minimum absolute atomic E-state index is 0.113. The number of rotatable bonds is 12. The van der Waals surface area contributed by atoms with Crippen molar-refractivity contribution in [2.45, 2.75) is 84.6 Å². The van der Waals surface area contributed by atoms with Gasteiger partial charge in [-0.25, -0.2) is 9.67 Å². The molecule has 1 aromatic carbocycles. The van der Waals surface area contributed by atoms with Crippen LogP contribution in [-0.4, -0.2) is 56.5 Å². The maximum atomic E-state index is 13.4. The molecular formula is C32H44N6O2. The summed E-state index contributed by atoms with van der Waals surface area (Å²) in [6.07, 6.45) is 9.95. The summed E-state index contributed by atoms with van der Waals surface area (Å²) in [5.41, 5.74) is 5.29. The molecule has 2 atom stereocenters. The smallest absolute Gasteiger partial charge is 0.224 e. The maximum absolute atomic E-state index is 13.4. The highest BCUT2D eigenvalue weighted by molar-refractivity contribution is 5.83. The van der Waals surface area contributed by atoms with Crippen molar-refractivity contribution in [3.8, 4) is 16.9 Å². The Bertz CT molecular complexity index is 1320. The Morgan fingerprint density at radius 3 is 2.55 bits per heavy atom. The summed E-state index contributed by atoms with van der Waals surface area (Å²) in [5.74, 6) is 1.40. The molecule has 3 aromatic rings. The number of hydrogen-bond donors (Lipinski definition) is 2. The second-order valence-electron chi connectivity index (χ2n) is 12.0. The van der Waals surface area contributed by atoms with Crippen LogP contribution < -0.4 is 5.32 Å². The lowest BCUT2D eigenvalue weighted by Gasteiger charge is -2.30. The molecule has 1 saturated heterocycles. The molecule has 3 heterocycles. The van der Waals surface area contributed by atoms with Crippen molar-refractivity contribution < 1.29 is 9.59 Å². The molecule has 5 rings (SSSR count). The first kappa shape index (κ1) is 28.3. The van der Waals surface area contributed by atoms with Crippen LogP contribution in [0, 0.1) is 25.2 Å². The number of piperidine rings is 1. The summed E-state index contributed by atoms with van der Waals surface area (Å²) < 4.78 is 1.95. The van der Waals surface area contributed by atoms with E-state index in [9.17, 15) is 9.59 Å². The molecule has 2 fully saturated rings. The zero-order chi connectivity index (χ0) is 28.3. The van der Waals surface area contributed by atoms with Crippen LogP contribution in [0.3, 0.4) is 0 Å². The van der Waals surface area contributed by atoms with Crippen molar-refractivity contribution in [3.05, 3.63) is 53.7 Å². The van der Waals surface area contributed by atoms with E-state index in [0.29, 0.717) is 18.6 Å². The average Bonchev–Trinajstić information content (AvgIpc) is 3.25. The van der Waals surface area contributed by atoms with Crippen molar-refractivity contribution in [1.82, 2.24) is 30.0 Å². The van der Waals surface area contributed by atoms with E-state index in [-0.39, 0.29) is 23.3 Å². The molecule has 1 aliphatic carbocycles. The predicted octanol–water partition coefficient (Wildman–Crippen LogP) is 5.70. The number of carbonyl (C=O) groups is 2. The average molecular weight is 545 g/mol. The highest BCUT2D eigenvalue weighted by Crippen LogP contribution is 2.59. The van der Waals surface area contributed by atoms with Gasteiger partial charge in [-0.15, -0.1) is 0 Å². The Morgan fingerprint density at radius 2 is 1.88 bits per heavy atom. The zero-order valence-corrected chi connectivity index (χ0v) is 24.5. The Balaban J connectivity index is 1.26. The van der Waals surface area contributed by atoms with Gasteiger partial charge in [-0.2, -0.15) is 5.10 Å². The molecule has 8 nitrogen and oxygen atoms in total. The number of ketones is 1. The second kappa shape index (κ2) is 12.1. The lowest BCUT2D eigenvalue weighted by Crippen LogP contribution is -2.36. The molecule has 1 amide bonds. The van der Waals surface area contributed by atoms with Crippen LogP contribution in [0.2, 0.25) is 0 Å². The number of H-pyrrole nitrogens is 1. The number of Topliss-reactive ketones (excluding diaryl/α,β-unsaturated/α-hetero) is 1. The first-order valence-electron chi connectivity index (χ1n) is 15.0. The van der Waals surface area contributed by atoms with E-state index in [1.165, 1.54) is 0 Å². The Morgan fingerprint density at radius 1 is 1.12 bits per heavy atom. The van der Waals surface area contributed by atoms with E-state index < -0.39 is 0 Å². The number of carbonyl (C=O) groups excluding carboxylic acids is 2. The second-order valence-corrected chi connectivity index (χ2v) is 12.0. The maximum Gasteiger partial charge on any atom is 0.224 e. The summed E-state index contributed by atoms with van der Waals surface area (Å²) in [6, 6.07) is 10.2. The van der Waals surface area contributed by atoms with Crippen molar-refractivity contribution in [3.63, 3.8) is 0 Å². The number of hydrogen-bond acceptors (Lipinski definition) is 5. The van der Waals surface area contributed by atoms with Crippen LogP contribution >= 0.6 is 0 Å². The van der Waals surface area contributed by atoms with Gasteiger partial charge in [0, 0.05) is 24.5 Å². The molecule has 214 valence electrons. The van der Waals surface area contributed by atoms with Gasteiger partial charge in [0.1, 0.15) is 11.6 Å². The van der Waals surface area contributed by atoms with Gasteiger partial charge in [0.25, 0.3) is 0 Å². The summed E-state index contributed by atoms with van der Waals surface area (Å²) in [6.45, 7) is 8.12. The van der Waals surface area contributed by atoms with Crippen LogP contribution in [0.5, 0.6) is 0 Å². The summed E-state index contributed by atoms with van der Waals surface area (Å²) in [5, 5.41) is 7.95. The topological polar surface area (TPSA) is 95.9 Å². The number of benzene rings is 1. The SMILES string of the molecule is CCC(=O)CCCCC[C@H](NC(=O)[C@H]1CC12CCN(C)CC2)c1ncc(-c2ccc(-n3nc(C)cc3C)cc2)[nH]1. The zero-order valence-electron chi connectivity index (χ0n) is 24.5.